The highest BCUT2D eigenvalue weighted by Gasteiger charge is 2.19. The van der Waals surface area contributed by atoms with Gasteiger partial charge in [0.05, 0.1) is 6.61 Å². The molecular formula is C25H26N2O4. The Morgan fingerprint density at radius 3 is 2.00 bits per heavy atom. The predicted octanol–water partition coefficient (Wildman–Crippen LogP) is 4.15. The molecule has 2 rings (SSSR count). The van der Waals surface area contributed by atoms with Gasteiger partial charge in [-0.1, -0.05) is 66.8 Å². The number of benzene rings is 2. The zero-order valence-corrected chi connectivity index (χ0v) is 17.6. The van der Waals surface area contributed by atoms with Crippen molar-refractivity contribution in [2.24, 2.45) is 5.92 Å². The van der Waals surface area contributed by atoms with Gasteiger partial charge in [-0.15, -0.1) is 0 Å². The van der Waals surface area contributed by atoms with Gasteiger partial charge in [0, 0.05) is 24.1 Å². The molecule has 0 heterocycles. The minimum Gasteiger partial charge on any atom is -0.380 e. The lowest BCUT2D eigenvalue weighted by molar-refractivity contribution is -0.127. The first-order valence-electron chi connectivity index (χ1n) is 9.77. The van der Waals surface area contributed by atoms with Crippen LogP contribution in [0.1, 0.15) is 6.92 Å². The fourth-order valence-corrected chi connectivity index (χ4v) is 2.64. The second-order valence-electron chi connectivity index (χ2n) is 6.66. The summed E-state index contributed by atoms with van der Waals surface area (Å²) < 4.78 is 5.10. The zero-order valence-electron chi connectivity index (χ0n) is 17.6. The molecule has 31 heavy (non-hydrogen) atoms. The normalized spacial score (nSPS) is 12.6. The van der Waals surface area contributed by atoms with E-state index in [1.807, 2.05) is 24.3 Å². The number of para-hydroxylation sites is 2. The molecule has 0 aliphatic rings. The van der Waals surface area contributed by atoms with Crippen molar-refractivity contribution in [1.29, 1.82) is 0 Å². The lowest BCUT2D eigenvalue weighted by Crippen LogP contribution is -2.26. The smallest absolute Gasteiger partial charge is 0.253 e. The van der Waals surface area contributed by atoms with Crippen LogP contribution in [0.5, 0.6) is 0 Å². The van der Waals surface area contributed by atoms with Crippen molar-refractivity contribution in [3.8, 4) is 0 Å². The van der Waals surface area contributed by atoms with Gasteiger partial charge in [-0.05, 0) is 31.2 Å². The number of Topliss-reactive ketones (excluding diaryl/α,β-unsaturated/α-hetero) is 1. The second-order valence-corrected chi connectivity index (χ2v) is 6.66. The number of hydrogen-bond donors (Lipinski definition) is 2. The van der Waals surface area contributed by atoms with Gasteiger partial charge >= 0.3 is 0 Å². The van der Waals surface area contributed by atoms with E-state index in [1.165, 1.54) is 20.1 Å². The Morgan fingerprint density at radius 1 is 0.871 bits per heavy atom. The number of carbonyl (C=O) groups excluding carboxylic acids is 3. The maximum absolute atomic E-state index is 12.4. The van der Waals surface area contributed by atoms with Crippen LogP contribution in [0.15, 0.2) is 96.6 Å². The molecule has 0 fully saturated rings. The zero-order chi connectivity index (χ0) is 22.5. The van der Waals surface area contributed by atoms with Crippen LogP contribution < -0.4 is 10.6 Å². The number of ether oxygens (including phenoxy) is 1. The van der Waals surface area contributed by atoms with Gasteiger partial charge in [0.25, 0.3) is 5.91 Å². The van der Waals surface area contributed by atoms with Gasteiger partial charge in [0.15, 0.2) is 0 Å². The number of rotatable bonds is 10. The number of allylic oxidation sites excluding steroid dienone is 4. The first kappa shape index (κ1) is 23.5. The van der Waals surface area contributed by atoms with Crippen LogP contribution in [-0.2, 0) is 19.1 Å². The maximum Gasteiger partial charge on any atom is 0.253 e. The second kappa shape index (κ2) is 12.7. The standard InChI is InChI=1S/C25H26N2O4/c1-19(28)23(25(30)27-22-15-9-5-10-16-22)17-11-3-6-12-20(18-31-2)24(29)26-21-13-7-4-8-14-21/h3-17,23H,18H2,1-2H3,(H,26,29)(H,27,30). The van der Waals surface area contributed by atoms with Crippen molar-refractivity contribution in [1.82, 2.24) is 0 Å². The average molecular weight is 418 g/mol. The molecule has 0 aliphatic heterocycles. The number of anilines is 2. The summed E-state index contributed by atoms with van der Waals surface area (Å²) in [7, 11) is 1.51. The molecule has 0 aliphatic carbocycles. The third-order valence-corrected chi connectivity index (χ3v) is 4.21. The maximum atomic E-state index is 12.4. The number of ketones is 1. The van der Waals surface area contributed by atoms with Crippen LogP contribution in [0.25, 0.3) is 0 Å². The molecule has 0 saturated carbocycles. The fourth-order valence-electron chi connectivity index (χ4n) is 2.64. The summed E-state index contributed by atoms with van der Waals surface area (Å²) in [6, 6.07) is 18.1. The summed E-state index contributed by atoms with van der Waals surface area (Å²) >= 11 is 0. The Morgan fingerprint density at radius 2 is 1.45 bits per heavy atom. The lowest BCUT2D eigenvalue weighted by atomic mass is 10.0. The minimum absolute atomic E-state index is 0.141. The molecule has 160 valence electrons. The van der Waals surface area contributed by atoms with Gasteiger partial charge in [-0.2, -0.15) is 0 Å². The number of hydrogen-bond acceptors (Lipinski definition) is 4. The van der Waals surface area contributed by atoms with Crippen LogP contribution in [0, 0.1) is 5.92 Å². The van der Waals surface area contributed by atoms with Crippen molar-refractivity contribution in [2.75, 3.05) is 24.4 Å². The Balaban J connectivity index is 2.01. The molecule has 6 nitrogen and oxygen atoms in total. The van der Waals surface area contributed by atoms with E-state index in [2.05, 4.69) is 10.6 Å². The molecule has 6 heteroatoms. The highest BCUT2D eigenvalue weighted by atomic mass is 16.5. The Bertz CT molecular complexity index is 964. The van der Waals surface area contributed by atoms with Gasteiger partial charge in [-0.3, -0.25) is 14.4 Å². The number of nitrogens with one attached hydrogen (secondary N) is 2. The van der Waals surface area contributed by atoms with Crippen molar-refractivity contribution >= 4 is 29.0 Å². The summed E-state index contributed by atoms with van der Waals surface area (Å²) in [6.45, 7) is 1.51. The molecule has 1 unspecified atom stereocenters. The monoisotopic (exact) mass is 418 g/mol. The first-order valence-corrected chi connectivity index (χ1v) is 9.77. The van der Waals surface area contributed by atoms with Gasteiger partial charge in [0.2, 0.25) is 5.91 Å². The molecule has 2 aromatic carbocycles. The molecule has 2 aromatic rings. The molecule has 2 amide bonds. The van der Waals surface area contributed by atoms with E-state index in [1.54, 1.807) is 60.7 Å². The predicted molar refractivity (Wildman–Crippen MR) is 123 cm³/mol. The fraction of sp³-hybridized carbons (Fsp3) is 0.160. The molecule has 0 saturated heterocycles. The van der Waals surface area contributed by atoms with Crippen molar-refractivity contribution in [3.63, 3.8) is 0 Å². The summed E-state index contributed by atoms with van der Waals surface area (Å²) in [5.41, 5.74) is 1.74. The van der Waals surface area contributed by atoms with E-state index in [4.69, 9.17) is 4.74 Å². The van der Waals surface area contributed by atoms with Crippen LogP contribution in [0.3, 0.4) is 0 Å². The van der Waals surface area contributed by atoms with E-state index in [9.17, 15) is 14.4 Å². The molecule has 0 aromatic heterocycles. The number of carbonyl (C=O) groups is 3. The van der Waals surface area contributed by atoms with E-state index in [-0.39, 0.29) is 18.3 Å². The summed E-state index contributed by atoms with van der Waals surface area (Å²) in [4.78, 5) is 36.7. The molecular weight excluding hydrogens is 392 g/mol. The quantitative estimate of drug-likeness (QED) is 0.345. The van der Waals surface area contributed by atoms with Gasteiger partial charge in [0.1, 0.15) is 11.7 Å². The molecule has 0 bridgehead atoms. The van der Waals surface area contributed by atoms with Crippen LogP contribution in [0.4, 0.5) is 11.4 Å². The highest BCUT2D eigenvalue weighted by Crippen LogP contribution is 2.11. The third kappa shape index (κ3) is 8.24. The van der Waals surface area contributed by atoms with Crippen molar-refractivity contribution < 1.29 is 19.1 Å². The van der Waals surface area contributed by atoms with Crippen LogP contribution in [0.2, 0.25) is 0 Å². The Kier molecular flexibility index (Phi) is 9.65. The van der Waals surface area contributed by atoms with E-state index in [0.29, 0.717) is 16.9 Å². The van der Waals surface area contributed by atoms with E-state index >= 15 is 0 Å². The average Bonchev–Trinajstić information content (AvgIpc) is 2.76. The number of amides is 2. The SMILES string of the molecule is COCC(=CC=CC=CC(C(C)=O)C(=O)Nc1ccccc1)C(=O)Nc1ccccc1. The van der Waals surface area contributed by atoms with Crippen molar-refractivity contribution in [2.45, 2.75) is 6.92 Å². The Hall–Kier alpha value is -3.77. The van der Waals surface area contributed by atoms with Crippen LogP contribution >= 0.6 is 0 Å². The molecule has 0 radical (unpaired) electrons. The van der Waals surface area contributed by atoms with E-state index < -0.39 is 11.8 Å². The van der Waals surface area contributed by atoms with E-state index in [0.717, 1.165) is 0 Å². The minimum atomic E-state index is -0.909. The number of methoxy groups -OCH3 is 1. The third-order valence-electron chi connectivity index (χ3n) is 4.21. The van der Waals surface area contributed by atoms with Gasteiger partial charge in [-0.25, -0.2) is 0 Å². The molecule has 0 spiro atoms. The molecule has 2 N–H and O–H groups in total. The molecule has 1 atom stereocenters. The Labute approximate surface area is 182 Å². The van der Waals surface area contributed by atoms with Crippen LogP contribution in [-0.4, -0.2) is 31.3 Å². The summed E-state index contributed by atoms with van der Waals surface area (Å²) in [6.07, 6.45) is 8.05. The lowest BCUT2D eigenvalue weighted by Gasteiger charge is -2.10. The van der Waals surface area contributed by atoms with Crippen molar-refractivity contribution in [3.05, 3.63) is 96.6 Å². The largest absolute Gasteiger partial charge is 0.380 e. The first-order chi connectivity index (χ1) is 15.0. The topological polar surface area (TPSA) is 84.5 Å². The summed E-state index contributed by atoms with van der Waals surface area (Å²) in [5.74, 6) is -1.85. The van der Waals surface area contributed by atoms with Gasteiger partial charge < -0.3 is 15.4 Å². The highest BCUT2D eigenvalue weighted by molar-refractivity contribution is 6.08. The summed E-state index contributed by atoms with van der Waals surface area (Å²) in [5, 5.41) is 5.52.